The van der Waals surface area contributed by atoms with E-state index in [2.05, 4.69) is 31.3 Å². The number of thiazole rings is 1. The molecule has 4 N–H and O–H groups in total. The highest BCUT2D eigenvalue weighted by atomic mass is 32.2. The van der Waals surface area contributed by atoms with E-state index in [0.717, 1.165) is 63.1 Å². The van der Waals surface area contributed by atoms with E-state index in [0.29, 0.717) is 22.3 Å². The second-order valence-corrected chi connectivity index (χ2v) is 19.9. The summed E-state index contributed by atoms with van der Waals surface area (Å²) in [6.45, 7) is 4.28. The third-order valence-electron chi connectivity index (χ3n) is 12.0. The number of aromatic nitrogens is 1. The first-order valence-electron chi connectivity index (χ1n) is 20.9. The number of nitrogens with zero attached hydrogens (tertiary/aromatic N) is 1. The van der Waals surface area contributed by atoms with Crippen LogP contribution in [0.1, 0.15) is 66.8 Å². The van der Waals surface area contributed by atoms with Crippen molar-refractivity contribution in [1.82, 2.24) is 4.98 Å². The van der Waals surface area contributed by atoms with Crippen molar-refractivity contribution < 1.29 is 29.7 Å². The van der Waals surface area contributed by atoms with Crippen LogP contribution in [0.25, 0.3) is 39.6 Å². The Labute approximate surface area is 364 Å². The molecule has 0 bridgehead atoms. The number of aliphatic hydroxyl groups is 3. The van der Waals surface area contributed by atoms with Crippen LogP contribution in [0.2, 0.25) is 0 Å². The molecule has 10 rings (SSSR count). The zero-order valence-corrected chi connectivity index (χ0v) is 35.8. The first-order valence-corrected chi connectivity index (χ1v) is 23.7. The Bertz CT molecular complexity index is 3110. The fraction of sp³-hybridized carbons (Fsp3) is 0.154. The van der Waals surface area contributed by atoms with Gasteiger partial charge in [-0.3, -0.25) is 14.4 Å². The molecule has 10 heteroatoms. The molecule has 0 spiro atoms. The fourth-order valence-corrected chi connectivity index (χ4v) is 13.5. The van der Waals surface area contributed by atoms with Gasteiger partial charge < -0.3 is 20.6 Å². The van der Waals surface area contributed by atoms with Gasteiger partial charge in [-0.15, -0.1) is 0 Å². The molecule has 2 unspecified atom stereocenters. The minimum atomic E-state index is -0.589. The zero-order valence-electron chi connectivity index (χ0n) is 34.1. The maximum atomic E-state index is 15.0. The van der Waals surface area contributed by atoms with Crippen molar-refractivity contribution in [3.8, 4) is 0 Å². The number of carbonyl (C=O) groups is 3. The molecule has 0 radical (unpaired) electrons. The predicted molar refractivity (Wildman–Crippen MR) is 250 cm³/mol. The largest absolute Gasteiger partial charge is 0.506 e. The lowest BCUT2D eigenvalue weighted by atomic mass is 9.71. The number of carbonyl (C=O) groups excluding carboxylic acids is 3. The fourth-order valence-electron chi connectivity index (χ4n) is 8.77. The highest BCUT2D eigenvalue weighted by Gasteiger charge is 2.45. The molecule has 4 aliphatic carbocycles. The summed E-state index contributed by atoms with van der Waals surface area (Å²) in [6, 6.07) is 30.4. The number of aliphatic hydroxyl groups excluding tert-OH is 3. The summed E-state index contributed by atoms with van der Waals surface area (Å²) in [5.74, 6) is -0.548. The molecule has 62 heavy (non-hydrogen) atoms. The van der Waals surface area contributed by atoms with Gasteiger partial charge in [-0.2, -0.15) is 4.98 Å². The Balaban J connectivity index is 1.05. The monoisotopic (exact) mass is 854 g/mol. The quantitative estimate of drug-likeness (QED) is 0.0805. The molecule has 4 aromatic carbocycles. The van der Waals surface area contributed by atoms with Crippen molar-refractivity contribution in [1.29, 1.82) is 0 Å². The van der Waals surface area contributed by atoms with Crippen molar-refractivity contribution in [2.45, 2.75) is 50.2 Å². The SMILES string of the molecule is CCCC[S+]1C(=CC2=C(O)C(C3=Cc4ccccc4C(=C4C(=O)C(C5=C(O)C(=Cc6nc7ccccc7[s+]6CCCC)C5=O)=Cc5ccccc54)C3=O)=C2O)Nc2ccccc21. The third kappa shape index (κ3) is 6.19. The van der Waals surface area contributed by atoms with E-state index >= 15 is 9.59 Å². The minimum Gasteiger partial charge on any atom is -0.506 e. The van der Waals surface area contributed by atoms with Crippen molar-refractivity contribution in [3.05, 3.63) is 186 Å². The Morgan fingerprint density at radius 1 is 0.613 bits per heavy atom. The summed E-state index contributed by atoms with van der Waals surface area (Å²) in [5, 5.41) is 40.1. The van der Waals surface area contributed by atoms with Crippen LogP contribution < -0.4 is 5.32 Å². The average Bonchev–Trinajstić information content (AvgIpc) is 3.83. The van der Waals surface area contributed by atoms with E-state index in [1.807, 2.05) is 54.6 Å². The number of aryl methyl sites for hydroxylation is 1. The first-order chi connectivity index (χ1) is 30.2. The smallest absolute Gasteiger partial charge is 0.268 e. The predicted octanol–water partition coefficient (Wildman–Crippen LogP) is 11.5. The molecule has 306 valence electrons. The summed E-state index contributed by atoms with van der Waals surface area (Å²) < 4.78 is 1.11. The summed E-state index contributed by atoms with van der Waals surface area (Å²) in [6.07, 6.45) is 10.7. The Morgan fingerprint density at radius 3 is 1.87 bits per heavy atom. The van der Waals surface area contributed by atoms with Crippen molar-refractivity contribution in [2.24, 2.45) is 0 Å². The highest BCUT2D eigenvalue weighted by molar-refractivity contribution is 8.01. The minimum absolute atomic E-state index is 0.00458. The van der Waals surface area contributed by atoms with Gasteiger partial charge in [0.05, 0.1) is 38.9 Å². The number of allylic oxidation sites excluding steroid dienone is 7. The van der Waals surface area contributed by atoms with Gasteiger partial charge in [-0.05, 0) is 65.4 Å². The number of para-hydroxylation sites is 2. The second-order valence-electron chi connectivity index (χ2n) is 15.7. The topological polar surface area (TPSA) is 137 Å². The number of hydrogen-bond acceptors (Lipinski definition) is 8. The van der Waals surface area contributed by atoms with Gasteiger partial charge in [0.15, 0.2) is 16.5 Å². The average molecular weight is 855 g/mol. The lowest BCUT2D eigenvalue weighted by Crippen LogP contribution is -2.29. The number of unbranched alkanes of at least 4 members (excludes halogenated alkanes) is 2. The van der Waals surface area contributed by atoms with Gasteiger partial charge in [0, 0.05) is 51.0 Å². The second kappa shape index (κ2) is 15.6. The van der Waals surface area contributed by atoms with Crippen LogP contribution in [0.3, 0.4) is 0 Å². The van der Waals surface area contributed by atoms with Crippen LogP contribution >= 0.6 is 10.5 Å². The lowest BCUT2D eigenvalue weighted by Gasteiger charge is -2.30. The summed E-state index contributed by atoms with van der Waals surface area (Å²) >= 11 is 0. The van der Waals surface area contributed by atoms with Gasteiger partial charge in [-0.25, -0.2) is 0 Å². The lowest BCUT2D eigenvalue weighted by molar-refractivity contribution is -0.115. The third-order valence-corrected chi connectivity index (χ3v) is 16.6. The molecule has 1 aromatic heterocycles. The number of rotatable bonds is 10. The van der Waals surface area contributed by atoms with Crippen LogP contribution in [0.15, 0.2) is 164 Å². The van der Waals surface area contributed by atoms with Crippen LogP contribution in [-0.2, 0) is 31.0 Å². The molecular weight excluding hydrogens is 813 g/mol. The van der Waals surface area contributed by atoms with Crippen molar-refractivity contribution in [3.63, 3.8) is 0 Å². The van der Waals surface area contributed by atoms with E-state index in [1.165, 1.54) is 4.90 Å². The van der Waals surface area contributed by atoms with Crippen LogP contribution in [0, 0.1) is 0 Å². The van der Waals surface area contributed by atoms with E-state index in [4.69, 9.17) is 4.98 Å². The summed E-state index contributed by atoms with van der Waals surface area (Å²) in [7, 11) is -0.646. The molecule has 5 aromatic rings. The van der Waals surface area contributed by atoms with Crippen LogP contribution in [-0.4, -0.2) is 43.4 Å². The zero-order chi connectivity index (χ0) is 42.8. The Morgan fingerprint density at radius 2 is 1.21 bits per heavy atom. The van der Waals surface area contributed by atoms with Gasteiger partial charge >= 0.3 is 0 Å². The number of ketones is 3. The number of anilines is 1. The molecule has 0 saturated heterocycles. The summed E-state index contributed by atoms with van der Waals surface area (Å²) in [4.78, 5) is 50.2. The number of hydrogen-bond donors (Lipinski definition) is 4. The maximum absolute atomic E-state index is 15.0. The van der Waals surface area contributed by atoms with Crippen LogP contribution in [0.5, 0.6) is 0 Å². The molecule has 8 nitrogen and oxygen atoms in total. The molecule has 0 saturated carbocycles. The normalized spacial score (nSPS) is 20.9. The molecule has 2 heterocycles. The van der Waals surface area contributed by atoms with Crippen LogP contribution in [0.4, 0.5) is 5.69 Å². The molecule has 2 atom stereocenters. The molecule has 0 fully saturated rings. The number of benzene rings is 4. The van der Waals surface area contributed by atoms with E-state index in [9.17, 15) is 20.1 Å². The molecule has 0 amide bonds. The van der Waals surface area contributed by atoms with Gasteiger partial charge in [0.1, 0.15) is 34.3 Å². The van der Waals surface area contributed by atoms with Gasteiger partial charge in [0.25, 0.3) is 5.01 Å². The van der Waals surface area contributed by atoms with E-state index < -0.39 is 17.3 Å². The molecule has 5 aliphatic rings. The number of nitrogens with one attached hydrogen (secondary N) is 1. The van der Waals surface area contributed by atoms with Crippen molar-refractivity contribution in [2.75, 3.05) is 11.1 Å². The Kier molecular flexibility index (Phi) is 9.92. The maximum Gasteiger partial charge on any atom is 0.268 e. The number of fused-ring (bicyclic) bond motifs is 4. The van der Waals surface area contributed by atoms with Gasteiger partial charge in [-0.1, -0.05) is 99.5 Å². The highest BCUT2D eigenvalue weighted by Crippen LogP contribution is 2.49. The van der Waals surface area contributed by atoms with Gasteiger partial charge in [0.2, 0.25) is 15.5 Å². The van der Waals surface area contributed by atoms with E-state index in [1.54, 1.807) is 54.6 Å². The standard InChI is InChI=1S/C52H40N2O6S2/c1-3-5-23-61-39-21-13-11-19-37(39)53-41(61)27-35-49(57)45(50(35)58)33-25-29-15-7-9-17-31(29)43(47(33)55)44-32-18-10-8-16-30(32)26-34(48(44)56)46-51(59)36(52(46)60)28-42-54-38-20-12-14-22-40(38)62(42)24-6-4-2/h7-22,25-28H,3-6,23-24H2,1-2H3,(H2-2,53,54,55,56,57,58,59,60)/p+2. The summed E-state index contributed by atoms with van der Waals surface area (Å²) in [5.41, 5.74) is 4.45. The first kappa shape index (κ1) is 39.4. The molecular formula is C52H42N2O6S2+2. The van der Waals surface area contributed by atoms with Crippen molar-refractivity contribution >= 4 is 84.0 Å². The van der Waals surface area contributed by atoms with E-state index in [-0.39, 0.29) is 83.2 Å². The Hall–Kier alpha value is -6.75. The molecule has 1 aliphatic heterocycles. The number of Topliss-reactive ketones (excluding diaryl/α,β-unsaturated/α-hetero) is 3.